The highest BCUT2D eigenvalue weighted by Crippen LogP contribution is 2.37. The van der Waals surface area contributed by atoms with E-state index in [1.165, 1.54) is 21.7 Å². The SMILES string of the molecule is Cc1ccccc1P(c1ccccc1C)c1ccccc1O. The summed E-state index contributed by atoms with van der Waals surface area (Å²) in [4.78, 5) is 0. The minimum absolute atomic E-state index is 0.375. The maximum Gasteiger partial charge on any atom is 0.123 e. The number of phenolic OH excluding ortho intramolecular Hbond substituents is 1. The van der Waals surface area contributed by atoms with Gasteiger partial charge in [0.15, 0.2) is 0 Å². The van der Waals surface area contributed by atoms with E-state index >= 15 is 0 Å². The zero-order valence-corrected chi connectivity index (χ0v) is 13.7. The molecule has 0 bridgehead atoms. The molecule has 0 aliphatic carbocycles. The first-order chi connectivity index (χ1) is 10.7. The average Bonchev–Trinajstić information content (AvgIpc) is 2.53. The molecule has 3 rings (SSSR count). The molecule has 1 nitrogen and oxygen atoms in total. The minimum atomic E-state index is -0.758. The van der Waals surface area contributed by atoms with Crippen molar-refractivity contribution in [3.63, 3.8) is 0 Å². The van der Waals surface area contributed by atoms with Crippen LogP contribution in [-0.2, 0) is 0 Å². The number of phenols is 1. The number of hydrogen-bond acceptors (Lipinski definition) is 1. The van der Waals surface area contributed by atoms with Crippen LogP contribution in [0.2, 0.25) is 0 Å². The molecule has 0 aliphatic rings. The molecule has 0 spiro atoms. The predicted octanol–water partition coefficient (Wildman–Crippen LogP) is 3.77. The molecular weight excluding hydrogens is 287 g/mol. The van der Waals surface area contributed by atoms with Crippen LogP contribution in [0.5, 0.6) is 5.75 Å². The third-order valence-electron chi connectivity index (χ3n) is 3.84. The largest absolute Gasteiger partial charge is 0.507 e. The molecule has 0 saturated heterocycles. The second-order valence-corrected chi connectivity index (χ2v) is 7.51. The van der Waals surface area contributed by atoms with Gasteiger partial charge in [0.05, 0.1) is 0 Å². The number of aryl methyl sites for hydroxylation is 2. The van der Waals surface area contributed by atoms with E-state index in [4.69, 9.17) is 0 Å². The van der Waals surface area contributed by atoms with Gasteiger partial charge in [0.1, 0.15) is 5.75 Å². The number of hydrogen-bond donors (Lipinski definition) is 1. The maximum atomic E-state index is 10.4. The molecule has 3 aromatic rings. The zero-order chi connectivity index (χ0) is 15.5. The van der Waals surface area contributed by atoms with E-state index in [1.54, 1.807) is 6.07 Å². The van der Waals surface area contributed by atoms with Crippen molar-refractivity contribution < 1.29 is 5.11 Å². The van der Waals surface area contributed by atoms with Crippen molar-refractivity contribution in [1.29, 1.82) is 0 Å². The van der Waals surface area contributed by atoms with Crippen LogP contribution in [-0.4, -0.2) is 5.11 Å². The average molecular weight is 306 g/mol. The molecule has 0 atom stereocenters. The maximum absolute atomic E-state index is 10.4. The van der Waals surface area contributed by atoms with E-state index in [2.05, 4.69) is 62.4 Å². The van der Waals surface area contributed by atoms with Crippen molar-refractivity contribution in [1.82, 2.24) is 0 Å². The van der Waals surface area contributed by atoms with Gasteiger partial charge in [-0.25, -0.2) is 0 Å². The van der Waals surface area contributed by atoms with E-state index in [1.807, 2.05) is 18.2 Å². The van der Waals surface area contributed by atoms with Gasteiger partial charge >= 0.3 is 0 Å². The van der Waals surface area contributed by atoms with Crippen LogP contribution in [0.3, 0.4) is 0 Å². The highest BCUT2D eigenvalue weighted by molar-refractivity contribution is 7.80. The highest BCUT2D eigenvalue weighted by Gasteiger charge is 2.21. The topological polar surface area (TPSA) is 20.2 Å². The van der Waals surface area contributed by atoms with Gasteiger partial charge in [-0.05, 0) is 49.6 Å². The fourth-order valence-corrected chi connectivity index (χ4v) is 5.31. The number of benzene rings is 3. The molecule has 0 unspecified atom stereocenters. The summed E-state index contributed by atoms with van der Waals surface area (Å²) >= 11 is 0. The van der Waals surface area contributed by atoms with Gasteiger partial charge < -0.3 is 5.11 Å². The standard InChI is InChI=1S/C20H19OP/c1-15-9-3-6-12-18(15)22(19-13-7-4-10-16(19)2)20-14-8-5-11-17(20)21/h3-14,21H,1-2H3. The lowest BCUT2D eigenvalue weighted by Gasteiger charge is -2.23. The molecule has 0 fully saturated rings. The van der Waals surface area contributed by atoms with Gasteiger partial charge in [0, 0.05) is 5.30 Å². The minimum Gasteiger partial charge on any atom is -0.507 e. The first-order valence-electron chi connectivity index (χ1n) is 7.38. The summed E-state index contributed by atoms with van der Waals surface area (Å²) in [6.07, 6.45) is 0. The normalized spacial score (nSPS) is 10.9. The lowest BCUT2D eigenvalue weighted by Crippen LogP contribution is -2.24. The number of para-hydroxylation sites is 1. The molecule has 0 aliphatic heterocycles. The molecule has 22 heavy (non-hydrogen) atoms. The smallest absolute Gasteiger partial charge is 0.123 e. The molecule has 110 valence electrons. The van der Waals surface area contributed by atoms with Crippen molar-refractivity contribution in [2.75, 3.05) is 0 Å². The predicted molar refractivity (Wildman–Crippen MR) is 96.3 cm³/mol. The van der Waals surface area contributed by atoms with Gasteiger partial charge in [0.2, 0.25) is 0 Å². The van der Waals surface area contributed by atoms with E-state index in [0.29, 0.717) is 5.75 Å². The Kier molecular flexibility index (Phi) is 4.27. The number of rotatable bonds is 3. The Labute approximate surface area is 133 Å². The molecule has 0 amide bonds. The van der Waals surface area contributed by atoms with Gasteiger partial charge in [-0.1, -0.05) is 66.7 Å². The van der Waals surface area contributed by atoms with Gasteiger partial charge in [-0.2, -0.15) is 0 Å². The fraction of sp³-hybridized carbons (Fsp3) is 0.100. The van der Waals surface area contributed by atoms with Crippen LogP contribution in [0.1, 0.15) is 11.1 Å². The van der Waals surface area contributed by atoms with Gasteiger partial charge in [0.25, 0.3) is 0 Å². The first-order valence-corrected chi connectivity index (χ1v) is 8.72. The second-order valence-electron chi connectivity index (χ2n) is 5.40. The van der Waals surface area contributed by atoms with Crippen LogP contribution in [0, 0.1) is 13.8 Å². The third-order valence-corrected chi connectivity index (χ3v) is 6.66. The van der Waals surface area contributed by atoms with Crippen LogP contribution < -0.4 is 15.9 Å². The Hall–Kier alpha value is -2.11. The Morgan fingerprint density at radius 1 is 0.591 bits per heavy atom. The van der Waals surface area contributed by atoms with Crippen LogP contribution in [0.15, 0.2) is 72.8 Å². The second kappa shape index (κ2) is 6.34. The molecule has 0 saturated carbocycles. The van der Waals surface area contributed by atoms with Crippen molar-refractivity contribution in [3.8, 4) is 5.75 Å². The molecule has 0 aromatic heterocycles. The highest BCUT2D eigenvalue weighted by atomic mass is 31.1. The van der Waals surface area contributed by atoms with E-state index < -0.39 is 7.92 Å². The zero-order valence-electron chi connectivity index (χ0n) is 12.8. The molecule has 0 radical (unpaired) electrons. The quantitative estimate of drug-likeness (QED) is 0.730. The van der Waals surface area contributed by atoms with Crippen molar-refractivity contribution in [2.24, 2.45) is 0 Å². The summed E-state index contributed by atoms with van der Waals surface area (Å²) in [5.74, 6) is 0.375. The third kappa shape index (κ3) is 2.77. The Balaban J connectivity index is 2.27. The Morgan fingerprint density at radius 3 is 1.45 bits per heavy atom. The summed E-state index contributed by atoms with van der Waals surface area (Å²) in [5.41, 5.74) is 2.53. The van der Waals surface area contributed by atoms with E-state index in [0.717, 1.165) is 5.30 Å². The van der Waals surface area contributed by atoms with E-state index in [9.17, 15) is 5.11 Å². The molecule has 2 heteroatoms. The van der Waals surface area contributed by atoms with Crippen molar-refractivity contribution >= 4 is 23.8 Å². The van der Waals surface area contributed by atoms with Crippen molar-refractivity contribution in [2.45, 2.75) is 13.8 Å². The summed E-state index contributed by atoms with van der Waals surface area (Å²) < 4.78 is 0. The summed E-state index contributed by atoms with van der Waals surface area (Å²) in [6.45, 7) is 4.28. The van der Waals surface area contributed by atoms with Gasteiger partial charge in [-0.15, -0.1) is 0 Å². The van der Waals surface area contributed by atoms with E-state index in [-0.39, 0.29) is 0 Å². The van der Waals surface area contributed by atoms with Crippen molar-refractivity contribution in [3.05, 3.63) is 83.9 Å². The van der Waals surface area contributed by atoms with Crippen LogP contribution in [0.25, 0.3) is 0 Å². The summed E-state index contributed by atoms with van der Waals surface area (Å²) in [5, 5.41) is 14.0. The van der Waals surface area contributed by atoms with Crippen LogP contribution in [0.4, 0.5) is 0 Å². The Bertz CT molecular complexity index is 687. The molecule has 3 aromatic carbocycles. The first kappa shape index (κ1) is 14.8. The number of aromatic hydroxyl groups is 1. The molecular formula is C20H19OP. The lowest BCUT2D eigenvalue weighted by molar-refractivity contribution is 0.480. The molecule has 1 N–H and O–H groups in total. The summed E-state index contributed by atoms with van der Waals surface area (Å²) in [6, 6.07) is 24.6. The molecule has 0 heterocycles. The fourth-order valence-electron chi connectivity index (χ4n) is 2.67. The lowest BCUT2D eigenvalue weighted by atomic mass is 10.2. The summed E-state index contributed by atoms with van der Waals surface area (Å²) in [7, 11) is -0.758. The monoisotopic (exact) mass is 306 g/mol. The Morgan fingerprint density at radius 2 is 1.00 bits per heavy atom. The van der Waals surface area contributed by atoms with Crippen LogP contribution >= 0.6 is 7.92 Å². The van der Waals surface area contributed by atoms with Gasteiger partial charge in [-0.3, -0.25) is 0 Å².